The summed E-state index contributed by atoms with van der Waals surface area (Å²) in [6.07, 6.45) is 6.20. The Hall–Kier alpha value is -2.97. The van der Waals surface area contributed by atoms with Crippen LogP contribution in [0.1, 0.15) is 26.3 Å². The fraction of sp³-hybridized carbons (Fsp3) is 0.400. The second kappa shape index (κ2) is 6.26. The van der Waals surface area contributed by atoms with Gasteiger partial charge in [0.15, 0.2) is 11.2 Å². The number of fused-ring (bicyclic) bond motifs is 1. The summed E-state index contributed by atoms with van der Waals surface area (Å²) in [7, 11) is 0. The van der Waals surface area contributed by atoms with Crippen molar-refractivity contribution < 1.29 is 14.3 Å². The molecular formula is C15H17N5O4. The van der Waals surface area contributed by atoms with Gasteiger partial charge in [-0.3, -0.25) is 24.7 Å². The van der Waals surface area contributed by atoms with Crippen LogP contribution in [0.25, 0.3) is 11.2 Å². The number of nitrogens with zero attached hydrogens (tertiary/aromatic N) is 3. The molecule has 2 aromatic heterocycles. The highest BCUT2D eigenvalue weighted by atomic mass is 16.5. The maximum Gasteiger partial charge on any atom is 0.302 e. The van der Waals surface area contributed by atoms with Crippen molar-refractivity contribution in [3.63, 3.8) is 0 Å². The smallest absolute Gasteiger partial charge is 0.302 e. The van der Waals surface area contributed by atoms with Crippen molar-refractivity contribution in [2.75, 3.05) is 11.9 Å². The van der Waals surface area contributed by atoms with Gasteiger partial charge in [-0.25, -0.2) is 4.98 Å². The normalized spacial score (nSPS) is 19.6. The lowest BCUT2D eigenvalue weighted by atomic mass is 10.1. The average Bonchev–Trinajstić information content (AvgIpc) is 3.10. The Bertz CT molecular complexity index is 882. The van der Waals surface area contributed by atoms with E-state index in [2.05, 4.69) is 20.3 Å². The predicted octanol–water partition coefficient (Wildman–Crippen LogP) is 0.758. The third-order valence-electron chi connectivity index (χ3n) is 3.73. The number of esters is 1. The highest BCUT2D eigenvalue weighted by Crippen LogP contribution is 2.29. The van der Waals surface area contributed by atoms with Gasteiger partial charge in [-0.2, -0.15) is 4.98 Å². The number of ether oxygens (including phenoxy) is 1. The molecule has 2 aromatic rings. The van der Waals surface area contributed by atoms with Crippen LogP contribution >= 0.6 is 0 Å². The van der Waals surface area contributed by atoms with Crippen molar-refractivity contribution in [2.45, 2.75) is 26.3 Å². The van der Waals surface area contributed by atoms with Gasteiger partial charge in [-0.05, 0) is 6.42 Å². The molecule has 0 spiro atoms. The number of hydrogen-bond donors (Lipinski definition) is 2. The molecule has 0 fully saturated rings. The lowest BCUT2D eigenvalue weighted by Gasteiger charge is -2.14. The first kappa shape index (κ1) is 15.9. The Morgan fingerprint density at radius 2 is 2.21 bits per heavy atom. The van der Waals surface area contributed by atoms with Crippen molar-refractivity contribution in [3.8, 4) is 0 Å². The van der Waals surface area contributed by atoms with Gasteiger partial charge in [0.25, 0.3) is 5.56 Å². The number of carbonyl (C=O) groups excluding carboxylic acids is 2. The van der Waals surface area contributed by atoms with Gasteiger partial charge in [-0.1, -0.05) is 12.2 Å². The third-order valence-corrected chi connectivity index (χ3v) is 3.73. The number of H-pyrrole nitrogens is 1. The van der Waals surface area contributed by atoms with Gasteiger partial charge >= 0.3 is 5.97 Å². The standard InChI is InChI=1S/C15H17N5O4/c1-8(21)17-15-18-13-12(14(23)19-15)16-7-20(13)11-4-3-10(5-11)6-24-9(2)22/h3-4,7,10-11H,5-6H2,1-2H3,(H2,17,18,19,21,23). The van der Waals surface area contributed by atoms with Gasteiger partial charge in [0.1, 0.15) is 0 Å². The Morgan fingerprint density at radius 1 is 1.42 bits per heavy atom. The summed E-state index contributed by atoms with van der Waals surface area (Å²) in [6.45, 7) is 3.03. The molecule has 2 atom stereocenters. The summed E-state index contributed by atoms with van der Waals surface area (Å²) in [5.41, 5.74) is 0.187. The molecule has 0 aliphatic heterocycles. The summed E-state index contributed by atoms with van der Waals surface area (Å²) in [4.78, 5) is 45.0. The van der Waals surface area contributed by atoms with E-state index in [1.54, 1.807) is 10.9 Å². The molecule has 24 heavy (non-hydrogen) atoms. The number of rotatable bonds is 4. The zero-order valence-corrected chi connectivity index (χ0v) is 13.3. The zero-order valence-electron chi connectivity index (χ0n) is 13.3. The van der Waals surface area contributed by atoms with Crippen molar-refractivity contribution >= 4 is 29.0 Å². The van der Waals surface area contributed by atoms with Crippen LogP contribution in [-0.2, 0) is 14.3 Å². The number of aromatic amines is 1. The Balaban J connectivity index is 1.87. The first-order chi connectivity index (χ1) is 11.4. The van der Waals surface area contributed by atoms with E-state index in [9.17, 15) is 14.4 Å². The highest BCUT2D eigenvalue weighted by molar-refractivity contribution is 5.87. The SMILES string of the molecule is CC(=O)Nc1nc2c(ncn2C2C=CC(COC(C)=O)C2)c(=O)[nH]1. The molecule has 2 unspecified atom stereocenters. The minimum atomic E-state index is -0.416. The number of hydrogen-bond acceptors (Lipinski definition) is 6. The maximum absolute atomic E-state index is 12.1. The van der Waals surface area contributed by atoms with Crippen LogP contribution in [0.3, 0.4) is 0 Å². The lowest BCUT2D eigenvalue weighted by molar-refractivity contribution is -0.141. The molecule has 1 aliphatic rings. The van der Waals surface area contributed by atoms with Crippen LogP contribution in [0.5, 0.6) is 0 Å². The molecule has 1 aliphatic carbocycles. The summed E-state index contributed by atoms with van der Waals surface area (Å²) in [5.74, 6) is -0.452. The van der Waals surface area contributed by atoms with Gasteiger partial charge in [-0.15, -0.1) is 0 Å². The minimum Gasteiger partial charge on any atom is -0.465 e. The average molecular weight is 331 g/mol. The Kier molecular flexibility index (Phi) is 4.15. The van der Waals surface area contributed by atoms with Gasteiger partial charge in [0, 0.05) is 19.8 Å². The summed E-state index contributed by atoms with van der Waals surface area (Å²) in [5, 5.41) is 2.46. The van der Waals surface area contributed by atoms with Gasteiger partial charge in [0.05, 0.1) is 19.0 Å². The zero-order chi connectivity index (χ0) is 17.3. The van der Waals surface area contributed by atoms with Crippen LogP contribution in [-0.4, -0.2) is 38.0 Å². The molecule has 3 rings (SSSR count). The van der Waals surface area contributed by atoms with Crippen LogP contribution in [0.4, 0.5) is 5.95 Å². The molecular weight excluding hydrogens is 314 g/mol. The van der Waals surface area contributed by atoms with Gasteiger partial charge < -0.3 is 9.30 Å². The van der Waals surface area contributed by atoms with Crippen molar-refractivity contribution in [3.05, 3.63) is 28.8 Å². The largest absolute Gasteiger partial charge is 0.465 e. The Labute approximate surface area is 136 Å². The number of nitrogens with one attached hydrogen (secondary N) is 2. The topological polar surface area (TPSA) is 119 Å². The molecule has 2 N–H and O–H groups in total. The first-order valence-electron chi connectivity index (χ1n) is 7.50. The predicted molar refractivity (Wildman–Crippen MR) is 85.4 cm³/mol. The molecule has 0 saturated carbocycles. The summed E-state index contributed by atoms with van der Waals surface area (Å²) < 4.78 is 6.81. The summed E-state index contributed by atoms with van der Waals surface area (Å²) in [6, 6.07) is -0.0463. The maximum atomic E-state index is 12.1. The van der Waals surface area contributed by atoms with Crippen LogP contribution in [0.2, 0.25) is 0 Å². The number of amides is 1. The summed E-state index contributed by atoms with van der Waals surface area (Å²) >= 11 is 0. The molecule has 126 valence electrons. The molecule has 1 amide bonds. The van der Waals surface area contributed by atoms with E-state index in [0.717, 1.165) is 0 Å². The van der Waals surface area contributed by atoms with E-state index in [-0.39, 0.29) is 35.3 Å². The fourth-order valence-electron chi connectivity index (χ4n) is 2.70. The van der Waals surface area contributed by atoms with Crippen molar-refractivity contribution in [1.82, 2.24) is 19.5 Å². The van der Waals surface area contributed by atoms with E-state index in [4.69, 9.17) is 4.74 Å². The van der Waals surface area contributed by atoms with E-state index >= 15 is 0 Å². The van der Waals surface area contributed by atoms with Crippen LogP contribution < -0.4 is 10.9 Å². The number of carbonyl (C=O) groups is 2. The molecule has 0 aromatic carbocycles. The van der Waals surface area contributed by atoms with Crippen molar-refractivity contribution in [2.24, 2.45) is 5.92 Å². The third kappa shape index (κ3) is 3.19. The molecule has 2 heterocycles. The second-order valence-electron chi connectivity index (χ2n) is 5.67. The quantitative estimate of drug-likeness (QED) is 0.630. The van der Waals surface area contributed by atoms with Crippen LogP contribution in [0, 0.1) is 5.92 Å². The van der Waals surface area contributed by atoms with Crippen molar-refractivity contribution in [1.29, 1.82) is 0 Å². The fourth-order valence-corrected chi connectivity index (χ4v) is 2.70. The van der Waals surface area contributed by atoms with Crippen LogP contribution in [0.15, 0.2) is 23.3 Å². The van der Waals surface area contributed by atoms with E-state index < -0.39 is 5.56 Å². The molecule has 0 radical (unpaired) electrons. The monoisotopic (exact) mass is 331 g/mol. The molecule has 0 bridgehead atoms. The first-order valence-corrected chi connectivity index (χ1v) is 7.50. The van der Waals surface area contributed by atoms with E-state index in [0.29, 0.717) is 18.7 Å². The molecule has 9 nitrogen and oxygen atoms in total. The lowest BCUT2D eigenvalue weighted by Crippen LogP contribution is -2.17. The molecule has 0 saturated heterocycles. The second-order valence-corrected chi connectivity index (χ2v) is 5.67. The minimum absolute atomic E-state index is 0.0463. The number of allylic oxidation sites excluding steroid dienone is 1. The Morgan fingerprint density at radius 3 is 2.92 bits per heavy atom. The van der Waals surface area contributed by atoms with Gasteiger partial charge in [0.2, 0.25) is 11.9 Å². The van der Waals surface area contributed by atoms with E-state index in [1.165, 1.54) is 13.8 Å². The molecule has 9 heteroatoms. The van der Waals surface area contributed by atoms with E-state index in [1.807, 2.05) is 12.2 Å². The number of anilines is 1. The number of aromatic nitrogens is 4. The highest BCUT2D eigenvalue weighted by Gasteiger charge is 2.24. The number of imidazole rings is 1.